The summed E-state index contributed by atoms with van der Waals surface area (Å²) < 4.78 is 0. The molecule has 0 heteroatoms. The van der Waals surface area contributed by atoms with Crippen LogP contribution in [0.3, 0.4) is 0 Å². The predicted molar refractivity (Wildman–Crippen MR) is 83.1 cm³/mol. The van der Waals surface area contributed by atoms with Crippen LogP contribution in [-0.2, 0) is 6.42 Å². The summed E-state index contributed by atoms with van der Waals surface area (Å²) in [7, 11) is 0. The summed E-state index contributed by atoms with van der Waals surface area (Å²) in [5, 5.41) is 2.69. The summed E-state index contributed by atoms with van der Waals surface area (Å²) in [5.41, 5.74) is 3.98. The van der Waals surface area contributed by atoms with Crippen molar-refractivity contribution < 1.29 is 0 Å². The summed E-state index contributed by atoms with van der Waals surface area (Å²) in [4.78, 5) is 0. The van der Waals surface area contributed by atoms with Gasteiger partial charge in [-0.1, -0.05) is 73.7 Å². The first kappa shape index (κ1) is 12.0. The summed E-state index contributed by atoms with van der Waals surface area (Å²) in [6, 6.07) is 23.7. The molecular weight excluding hydrogens is 228 g/mol. The van der Waals surface area contributed by atoms with Gasteiger partial charge in [0.25, 0.3) is 0 Å². The molecule has 0 aliphatic heterocycles. The van der Waals surface area contributed by atoms with E-state index in [9.17, 15) is 0 Å². The van der Waals surface area contributed by atoms with Crippen molar-refractivity contribution in [2.24, 2.45) is 0 Å². The Hall–Kier alpha value is -2.08. The van der Waals surface area contributed by atoms with Gasteiger partial charge in [-0.15, -0.1) is 0 Å². The molecule has 0 aromatic heterocycles. The van der Waals surface area contributed by atoms with Crippen LogP contribution in [0.4, 0.5) is 0 Å². The van der Waals surface area contributed by atoms with E-state index in [-0.39, 0.29) is 0 Å². The second kappa shape index (κ2) is 5.27. The number of aryl methyl sites for hydroxylation is 1. The Labute approximate surface area is 114 Å². The fraction of sp³-hybridized carbons (Fsp3) is 0.105. The van der Waals surface area contributed by atoms with Crippen molar-refractivity contribution in [1.82, 2.24) is 0 Å². The van der Waals surface area contributed by atoms with Crippen molar-refractivity contribution in [3.63, 3.8) is 0 Å². The molecule has 0 aliphatic carbocycles. The first-order chi connectivity index (χ1) is 9.40. The van der Waals surface area contributed by atoms with Crippen molar-refractivity contribution in [3.8, 4) is 11.1 Å². The van der Waals surface area contributed by atoms with Crippen molar-refractivity contribution in [2.75, 3.05) is 0 Å². The average molecular weight is 245 g/mol. The highest BCUT2D eigenvalue weighted by Gasteiger charge is 2.06. The molecule has 0 nitrogen and oxygen atoms in total. The van der Waals surface area contributed by atoms with Crippen LogP contribution in [0.15, 0.2) is 66.7 Å². The van der Waals surface area contributed by atoms with Gasteiger partial charge in [-0.2, -0.15) is 0 Å². The minimum Gasteiger partial charge on any atom is -0.0622 e. The normalized spacial score (nSPS) is 10.8. The zero-order valence-corrected chi connectivity index (χ0v) is 11.0. The smallest absolute Gasteiger partial charge is 0.0103 e. The highest BCUT2D eigenvalue weighted by atomic mass is 14.1. The number of rotatable bonds is 3. The molecule has 93 valence electrons. The molecule has 3 aromatic carbocycles. The third kappa shape index (κ3) is 2.26. The molecule has 1 radical (unpaired) electrons. The maximum absolute atomic E-state index is 3.97. The number of hydrogen-bond donors (Lipinski definition) is 0. The van der Waals surface area contributed by atoms with E-state index in [2.05, 4.69) is 73.7 Å². The number of benzene rings is 3. The van der Waals surface area contributed by atoms with E-state index in [4.69, 9.17) is 0 Å². The minimum absolute atomic E-state index is 0.939. The maximum Gasteiger partial charge on any atom is -0.0103 e. The third-order valence-electron chi connectivity index (χ3n) is 3.55. The van der Waals surface area contributed by atoms with Crippen LogP contribution >= 0.6 is 0 Å². The van der Waals surface area contributed by atoms with E-state index in [1.54, 1.807) is 0 Å². The molecule has 0 amide bonds. The Morgan fingerprint density at radius 1 is 0.684 bits per heavy atom. The van der Waals surface area contributed by atoms with Gasteiger partial charge in [-0.3, -0.25) is 0 Å². The third-order valence-corrected chi connectivity index (χ3v) is 3.55. The Bertz CT molecular complexity index is 681. The van der Waals surface area contributed by atoms with E-state index in [1.807, 2.05) is 0 Å². The van der Waals surface area contributed by atoms with Crippen molar-refractivity contribution in [1.29, 1.82) is 0 Å². The summed E-state index contributed by atoms with van der Waals surface area (Å²) in [5.74, 6) is 0. The molecule has 0 saturated carbocycles. The fourth-order valence-corrected chi connectivity index (χ4v) is 2.64. The van der Waals surface area contributed by atoms with Crippen molar-refractivity contribution in [3.05, 3.63) is 79.2 Å². The molecule has 0 fully saturated rings. The zero-order valence-electron chi connectivity index (χ0n) is 11.0. The lowest BCUT2D eigenvalue weighted by atomic mass is 9.93. The van der Waals surface area contributed by atoms with E-state index in [1.165, 1.54) is 27.5 Å². The molecule has 0 N–H and O–H groups in total. The molecule has 0 atom stereocenters. The first-order valence-corrected chi connectivity index (χ1v) is 6.75. The molecule has 3 rings (SSSR count). The lowest BCUT2D eigenvalue weighted by Crippen LogP contribution is -1.88. The van der Waals surface area contributed by atoms with Crippen LogP contribution in [0, 0.1) is 6.92 Å². The lowest BCUT2D eigenvalue weighted by molar-refractivity contribution is 1.01. The topological polar surface area (TPSA) is 0 Å². The van der Waals surface area contributed by atoms with E-state index in [0.29, 0.717) is 0 Å². The van der Waals surface area contributed by atoms with Gasteiger partial charge in [0.15, 0.2) is 0 Å². The molecule has 0 saturated heterocycles. The van der Waals surface area contributed by atoms with Gasteiger partial charge in [0.2, 0.25) is 0 Å². The predicted octanol–water partition coefficient (Wildman–Crippen LogP) is 5.27. The Morgan fingerprint density at radius 3 is 2.11 bits per heavy atom. The first-order valence-electron chi connectivity index (χ1n) is 6.75. The SMILES string of the molecule is [CH2]CCc1ccc(-c2ccccc2)c2ccccc12. The van der Waals surface area contributed by atoms with Crippen molar-refractivity contribution in [2.45, 2.75) is 12.8 Å². The van der Waals surface area contributed by atoms with Crippen LogP contribution in [-0.4, -0.2) is 0 Å². The molecule has 3 aromatic rings. The summed E-state index contributed by atoms with van der Waals surface area (Å²) in [6.07, 6.45) is 1.98. The second-order valence-corrected chi connectivity index (χ2v) is 4.79. The largest absolute Gasteiger partial charge is 0.0622 e. The molecule has 0 heterocycles. The lowest BCUT2D eigenvalue weighted by Gasteiger charge is -2.11. The van der Waals surface area contributed by atoms with Crippen LogP contribution in [0.5, 0.6) is 0 Å². The van der Waals surface area contributed by atoms with E-state index >= 15 is 0 Å². The highest BCUT2D eigenvalue weighted by Crippen LogP contribution is 2.31. The van der Waals surface area contributed by atoms with Gasteiger partial charge in [0.1, 0.15) is 0 Å². The molecule has 0 unspecified atom stereocenters. The van der Waals surface area contributed by atoms with Gasteiger partial charge < -0.3 is 0 Å². The average Bonchev–Trinajstić information content (AvgIpc) is 2.49. The quantitative estimate of drug-likeness (QED) is 0.589. The maximum atomic E-state index is 3.97. The van der Waals surface area contributed by atoms with Crippen LogP contribution in [0.25, 0.3) is 21.9 Å². The molecule has 0 aliphatic rings. The molecule has 0 spiro atoms. The van der Waals surface area contributed by atoms with Gasteiger partial charge >= 0.3 is 0 Å². The number of fused-ring (bicyclic) bond motifs is 1. The summed E-state index contributed by atoms with van der Waals surface area (Å²) in [6.45, 7) is 3.97. The fourth-order valence-electron chi connectivity index (χ4n) is 2.64. The van der Waals surface area contributed by atoms with Gasteiger partial charge in [0, 0.05) is 0 Å². The Kier molecular flexibility index (Phi) is 3.33. The van der Waals surface area contributed by atoms with Crippen LogP contribution in [0.2, 0.25) is 0 Å². The molecule has 0 bridgehead atoms. The van der Waals surface area contributed by atoms with E-state index in [0.717, 1.165) is 12.8 Å². The Morgan fingerprint density at radius 2 is 1.37 bits per heavy atom. The van der Waals surface area contributed by atoms with Crippen LogP contribution < -0.4 is 0 Å². The van der Waals surface area contributed by atoms with Gasteiger partial charge in [0.05, 0.1) is 0 Å². The van der Waals surface area contributed by atoms with Crippen LogP contribution in [0.1, 0.15) is 12.0 Å². The number of hydrogen-bond acceptors (Lipinski definition) is 0. The van der Waals surface area contributed by atoms with Gasteiger partial charge in [-0.25, -0.2) is 0 Å². The minimum atomic E-state index is 0.939. The zero-order chi connectivity index (χ0) is 13.1. The Balaban J connectivity index is 2.25. The van der Waals surface area contributed by atoms with E-state index < -0.39 is 0 Å². The van der Waals surface area contributed by atoms with Gasteiger partial charge in [-0.05, 0) is 40.3 Å². The standard InChI is InChI=1S/C19H17/c1-2-8-15-13-14-18(16-9-4-3-5-10-16)19-12-7-6-11-17(15)19/h3-7,9-14H,1-2,8H2. The highest BCUT2D eigenvalue weighted by molar-refractivity contribution is 5.98. The second-order valence-electron chi connectivity index (χ2n) is 4.79. The molecular formula is C19H17. The summed E-state index contributed by atoms with van der Waals surface area (Å²) >= 11 is 0. The monoisotopic (exact) mass is 245 g/mol. The van der Waals surface area contributed by atoms with Crippen molar-refractivity contribution >= 4 is 10.8 Å². The molecule has 19 heavy (non-hydrogen) atoms.